The lowest BCUT2D eigenvalue weighted by Gasteiger charge is -2.36. The van der Waals surface area contributed by atoms with Gasteiger partial charge in [-0.1, -0.05) is 6.92 Å². The summed E-state index contributed by atoms with van der Waals surface area (Å²) in [4.78, 5) is 16.2. The second-order valence-electron chi connectivity index (χ2n) is 8.05. The van der Waals surface area contributed by atoms with Gasteiger partial charge in [0.2, 0.25) is 0 Å². The van der Waals surface area contributed by atoms with Crippen LogP contribution in [-0.2, 0) is 4.74 Å². The maximum Gasteiger partial charge on any atom is 0.410 e. The Morgan fingerprint density at radius 1 is 1.23 bits per heavy atom. The number of amides is 1. The van der Waals surface area contributed by atoms with E-state index in [2.05, 4.69) is 11.8 Å². The predicted octanol–water partition coefficient (Wildman–Crippen LogP) is 2.73. The highest BCUT2D eigenvalue weighted by atomic mass is 16.6. The summed E-state index contributed by atoms with van der Waals surface area (Å²) < 4.78 is 5.42. The molecule has 0 aromatic carbocycles. The molecule has 1 rings (SSSR count). The van der Waals surface area contributed by atoms with Gasteiger partial charge < -0.3 is 19.6 Å². The zero-order valence-electron chi connectivity index (χ0n) is 15.2. The van der Waals surface area contributed by atoms with Gasteiger partial charge >= 0.3 is 6.09 Å². The Labute approximate surface area is 135 Å². The Morgan fingerprint density at radius 3 is 2.18 bits per heavy atom. The molecule has 1 aliphatic rings. The number of ether oxygens (including phenoxy) is 1. The Morgan fingerprint density at radius 2 is 1.77 bits per heavy atom. The minimum atomic E-state index is -0.659. The van der Waals surface area contributed by atoms with Gasteiger partial charge in [-0.15, -0.1) is 0 Å². The van der Waals surface area contributed by atoms with E-state index < -0.39 is 11.2 Å². The van der Waals surface area contributed by atoms with Crippen LogP contribution < -0.4 is 0 Å². The van der Waals surface area contributed by atoms with Gasteiger partial charge in [0.05, 0.1) is 5.60 Å². The summed E-state index contributed by atoms with van der Waals surface area (Å²) in [7, 11) is 0. The van der Waals surface area contributed by atoms with Crippen molar-refractivity contribution in [2.75, 3.05) is 32.7 Å². The zero-order chi connectivity index (χ0) is 17.0. The standard InChI is InChI=1S/C17H34N2O3/c1-7-18(13-17(5,6)21)12-14-8-10-19(11-9-14)15(20)22-16(2,3)4/h14,21H,7-13H2,1-6H3. The monoisotopic (exact) mass is 314 g/mol. The third-order valence-corrected chi connectivity index (χ3v) is 3.84. The molecule has 5 nitrogen and oxygen atoms in total. The largest absolute Gasteiger partial charge is 0.444 e. The molecule has 1 aliphatic heterocycles. The number of carbonyl (C=O) groups excluding carboxylic acids is 1. The van der Waals surface area contributed by atoms with Crippen molar-refractivity contribution in [1.82, 2.24) is 9.80 Å². The minimum absolute atomic E-state index is 0.199. The van der Waals surface area contributed by atoms with Crippen LogP contribution in [0.5, 0.6) is 0 Å². The molecule has 0 radical (unpaired) electrons. The zero-order valence-corrected chi connectivity index (χ0v) is 15.2. The molecule has 130 valence electrons. The summed E-state index contributed by atoms with van der Waals surface area (Å²) in [5, 5.41) is 9.96. The topological polar surface area (TPSA) is 53.0 Å². The Balaban J connectivity index is 2.40. The van der Waals surface area contributed by atoms with E-state index in [4.69, 9.17) is 4.74 Å². The maximum atomic E-state index is 12.0. The molecular formula is C17H34N2O3. The van der Waals surface area contributed by atoms with E-state index in [1.807, 2.05) is 39.5 Å². The van der Waals surface area contributed by atoms with Crippen molar-refractivity contribution in [1.29, 1.82) is 0 Å². The van der Waals surface area contributed by atoms with Crippen molar-refractivity contribution in [2.24, 2.45) is 5.92 Å². The highest BCUT2D eigenvalue weighted by molar-refractivity contribution is 5.68. The van der Waals surface area contributed by atoms with Gasteiger partial charge in [0, 0.05) is 26.2 Å². The highest BCUT2D eigenvalue weighted by Crippen LogP contribution is 2.21. The average Bonchev–Trinajstić information content (AvgIpc) is 2.35. The van der Waals surface area contributed by atoms with Gasteiger partial charge in [-0.3, -0.25) is 0 Å². The molecule has 0 unspecified atom stereocenters. The van der Waals surface area contributed by atoms with Crippen LogP contribution in [0.2, 0.25) is 0 Å². The van der Waals surface area contributed by atoms with Crippen molar-refractivity contribution in [3.05, 3.63) is 0 Å². The second-order valence-corrected chi connectivity index (χ2v) is 8.05. The van der Waals surface area contributed by atoms with Crippen molar-refractivity contribution in [2.45, 2.75) is 65.6 Å². The van der Waals surface area contributed by atoms with E-state index >= 15 is 0 Å². The first-order valence-corrected chi connectivity index (χ1v) is 8.43. The molecule has 1 amide bonds. The first-order valence-electron chi connectivity index (χ1n) is 8.43. The number of hydrogen-bond acceptors (Lipinski definition) is 4. The summed E-state index contributed by atoms with van der Waals surface area (Å²) >= 11 is 0. The quantitative estimate of drug-likeness (QED) is 0.848. The highest BCUT2D eigenvalue weighted by Gasteiger charge is 2.28. The molecule has 0 bridgehead atoms. The molecule has 0 aromatic heterocycles. The molecule has 0 aliphatic carbocycles. The summed E-state index contributed by atoms with van der Waals surface area (Å²) in [6.07, 6.45) is 1.80. The summed E-state index contributed by atoms with van der Waals surface area (Å²) in [6.45, 7) is 15.7. The molecule has 1 saturated heterocycles. The molecule has 0 aromatic rings. The van der Waals surface area contributed by atoms with Crippen LogP contribution in [0.3, 0.4) is 0 Å². The van der Waals surface area contributed by atoms with Crippen LogP contribution in [-0.4, -0.2) is 64.9 Å². The van der Waals surface area contributed by atoms with Crippen molar-refractivity contribution < 1.29 is 14.6 Å². The second kappa shape index (κ2) is 7.64. The summed E-state index contributed by atoms with van der Waals surface area (Å²) in [5.41, 5.74) is -1.09. The number of likely N-dealkylation sites (tertiary alicyclic amines) is 1. The van der Waals surface area contributed by atoms with Crippen molar-refractivity contribution >= 4 is 6.09 Å². The summed E-state index contributed by atoms with van der Waals surface area (Å²) in [6, 6.07) is 0. The Kier molecular flexibility index (Phi) is 6.68. The Bertz CT molecular complexity index is 350. The van der Waals surface area contributed by atoms with Crippen molar-refractivity contribution in [3.63, 3.8) is 0 Å². The number of aliphatic hydroxyl groups is 1. The number of nitrogens with zero attached hydrogens (tertiary/aromatic N) is 2. The number of rotatable bonds is 5. The number of piperidine rings is 1. The lowest BCUT2D eigenvalue weighted by molar-refractivity contribution is 0.0122. The van der Waals surface area contributed by atoms with Crippen LogP contribution in [0, 0.1) is 5.92 Å². The molecule has 1 heterocycles. The molecule has 22 heavy (non-hydrogen) atoms. The van der Waals surface area contributed by atoms with Gasteiger partial charge in [0.15, 0.2) is 0 Å². The SMILES string of the molecule is CCN(CC1CCN(C(=O)OC(C)(C)C)CC1)CC(C)(C)O. The molecule has 0 saturated carbocycles. The fraction of sp³-hybridized carbons (Fsp3) is 0.941. The minimum Gasteiger partial charge on any atom is -0.444 e. The lowest BCUT2D eigenvalue weighted by atomic mass is 9.96. The van der Waals surface area contributed by atoms with Crippen LogP contribution in [0.1, 0.15) is 54.4 Å². The first kappa shape index (κ1) is 19.2. The van der Waals surface area contributed by atoms with Gasteiger partial charge in [0.25, 0.3) is 0 Å². The van der Waals surface area contributed by atoms with E-state index in [1.54, 1.807) is 0 Å². The van der Waals surface area contributed by atoms with Crippen LogP contribution in [0.15, 0.2) is 0 Å². The lowest BCUT2D eigenvalue weighted by Crippen LogP contribution is -2.45. The third kappa shape index (κ3) is 7.45. The maximum absolute atomic E-state index is 12.0. The number of likely N-dealkylation sites (N-methyl/N-ethyl adjacent to an activating group) is 1. The van der Waals surface area contributed by atoms with Crippen molar-refractivity contribution in [3.8, 4) is 0 Å². The van der Waals surface area contributed by atoms with Gasteiger partial charge in [-0.2, -0.15) is 0 Å². The fourth-order valence-electron chi connectivity index (χ4n) is 2.84. The Hall–Kier alpha value is -0.810. The van der Waals surface area contributed by atoms with E-state index in [-0.39, 0.29) is 6.09 Å². The molecule has 0 spiro atoms. The van der Waals surface area contributed by atoms with Crippen LogP contribution >= 0.6 is 0 Å². The van der Waals surface area contributed by atoms with Gasteiger partial charge in [0.1, 0.15) is 5.60 Å². The normalized spacial score (nSPS) is 17.9. The van der Waals surface area contributed by atoms with E-state index in [1.165, 1.54) is 0 Å². The molecular weight excluding hydrogens is 280 g/mol. The average molecular weight is 314 g/mol. The number of hydrogen-bond donors (Lipinski definition) is 1. The van der Waals surface area contributed by atoms with Gasteiger partial charge in [-0.25, -0.2) is 4.79 Å². The van der Waals surface area contributed by atoms with E-state index in [0.29, 0.717) is 12.5 Å². The van der Waals surface area contributed by atoms with Crippen LogP contribution in [0.25, 0.3) is 0 Å². The smallest absolute Gasteiger partial charge is 0.410 e. The van der Waals surface area contributed by atoms with E-state index in [9.17, 15) is 9.90 Å². The number of carbonyl (C=O) groups is 1. The first-order chi connectivity index (χ1) is 10.00. The molecule has 5 heteroatoms. The molecule has 1 N–H and O–H groups in total. The third-order valence-electron chi connectivity index (χ3n) is 3.84. The van der Waals surface area contributed by atoms with E-state index in [0.717, 1.165) is 39.0 Å². The summed E-state index contributed by atoms with van der Waals surface area (Å²) in [5.74, 6) is 0.584. The predicted molar refractivity (Wildman–Crippen MR) is 88.9 cm³/mol. The molecule has 0 atom stereocenters. The van der Waals surface area contributed by atoms with Crippen LogP contribution in [0.4, 0.5) is 4.79 Å². The molecule has 1 fully saturated rings. The fourth-order valence-corrected chi connectivity index (χ4v) is 2.84. The van der Waals surface area contributed by atoms with Gasteiger partial charge in [-0.05, 0) is 59.9 Å².